The number of benzene rings is 1. The molecule has 2 aliphatic rings. The summed E-state index contributed by atoms with van der Waals surface area (Å²) in [6, 6.07) is 7.53. The van der Waals surface area contributed by atoms with E-state index >= 15 is 0 Å². The largest absolute Gasteiger partial charge is 0.466 e. The number of amides is 1. The van der Waals surface area contributed by atoms with E-state index in [9.17, 15) is 9.59 Å². The van der Waals surface area contributed by atoms with Crippen molar-refractivity contribution < 1.29 is 14.3 Å². The molecule has 0 aromatic heterocycles. The molecule has 1 saturated carbocycles. The van der Waals surface area contributed by atoms with Gasteiger partial charge in [0.2, 0.25) is 5.91 Å². The summed E-state index contributed by atoms with van der Waals surface area (Å²) in [5.41, 5.74) is 0.986. The van der Waals surface area contributed by atoms with Gasteiger partial charge in [-0.15, -0.1) is 6.42 Å². The van der Waals surface area contributed by atoms with E-state index in [1.165, 1.54) is 0 Å². The number of terminal acetylenes is 1. The van der Waals surface area contributed by atoms with E-state index in [0.29, 0.717) is 13.0 Å². The van der Waals surface area contributed by atoms with Gasteiger partial charge >= 0.3 is 5.97 Å². The van der Waals surface area contributed by atoms with Crippen LogP contribution in [0.25, 0.3) is 0 Å². The molecule has 102 valence electrons. The number of hydrogen-bond donors (Lipinski definition) is 0. The van der Waals surface area contributed by atoms with Gasteiger partial charge in [-0.25, -0.2) is 0 Å². The lowest BCUT2D eigenvalue weighted by Gasteiger charge is -2.14. The molecule has 1 aromatic rings. The van der Waals surface area contributed by atoms with E-state index in [1.54, 1.807) is 11.8 Å². The summed E-state index contributed by atoms with van der Waals surface area (Å²) in [5, 5.41) is 0. The maximum absolute atomic E-state index is 12.7. The van der Waals surface area contributed by atoms with Crippen LogP contribution in [-0.2, 0) is 19.7 Å². The number of fused-ring (bicyclic) bond motifs is 2. The van der Waals surface area contributed by atoms with Crippen LogP contribution in [0.5, 0.6) is 0 Å². The number of nitrogens with zero attached hydrogens (tertiary/aromatic N) is 1. The Hall–Kier alpha value is -2.28. The Morgan fingerprint density at radius 2 is 2.30 bits per heavy atom. The SMILES string of the molecule is C#CCN1C(=O)[C@]2(C[C@H]2C(=O)OCC)c2ccccc21. The van der Waals surface area contributed by atoms with Gasteiger partial charge in [-0.05, 0) is 25.0 Å². The van der Waals surface area contributed by atoms with Crippen LogP contribution in [0.15, 0.2) is 24.3 Å². The quantitative estimate of drug-likeness (QED) is 0.617. The van der Waals surface area contributed by atoms with Crippen LogP contribution in [0.3, 0.4) is 0 Å². The molecule has 0 radical (unpaired) electrons. The second-order valence-electron chi connectivity index (χ2n) is 5.09. The molecule has 20 heavy (non-hydrogen) atoms. The summed E-state index contributed by atoms with van der Waals surface area (Å²) in [4.78, 5) is 26.2. The van der Waals surface area contributed by atoms with Gasteiger partial charge in [0, 0.05) is 5.69 Å². The molecule has 0 unspecified atom stereocenters. The van der Waals surface area contributed by atoms with Gasteiger partial charge in [0.25, 0.3) is 0 Å². The summed E-state index contributed by atoms with van der Waals surface area (Å²) in [5.74, 6) is 1.76. The van der Waals surface area contributed by atoms with Crippen molar-refractivity contribution in [1.29, 1.82) is 0 Å². The Morgan fingerprint density at radius 3 is 3.00 bits per heavy atom. The molecule has 1 amide bonds. The van der Waals surface area contributed by atoms with Crippen LogP contribution in [-0.4, -0.2) is 25.0 Å². The standard InChI is InChI=1S/C16H15NO3/c1-3-9-17-13-8-6-5-7-11(13)16(15(17)19)10-12(16)14(18)20-4-2/h1,5-8,12H,4,9-10H2,2H3/t12-,16+/m0/s1. The third-order valence-electron chi connectivity index (χ3n) is 4.08. The third kappa shape index (κ3) is 1.50. The fourth-order valence-corrected chi connectivity index (χ4v) is 3.12. The lowest BCUT2D eigenvalue weighted by Crippen LogP contribution is -2.34. The first-order valence-corrected chi connectivity index (χ1v) is 6.68. The van der Waals surface area contributed by atoms with E-state index in [0.717, 1.165) is 11.3 Å². The molecule has 0 saturated heterocycles. The highest BCUT2D eigenvalue weighted by Gasteiger charge is 2.70. The highest BCUT2D eigenvalue weighted by Crippen LogP contribution is 2.61. The Bertz CT molecular complexity index is 631. The van der Waals surface area contributed by atoms with Crippen molar-refractivity contribution in [3.63, 3.8) is 0 Å². The summed E-state index contributed by atoms with van der Waals surface area (Å²) in [6.07, 6.45) is 5.86. The lowest BCUT2D eigenvalue weighted by molar-refractivity contribution is -0.146. The van der Waals surface area contributed by atoms with Crippen LogP contribution in [0.4, 0.5) is 5.69 Å². The number of ether oxygens (including phenoxy) is 1. The highest BCUT2D eigenvalue weighted by atomic mass is 16.5. The van der Waals surface area contributed by atoms with E-state index in [2.05, 4.69) is 5.92 Å². The fourth-order valence-electron chi connectivity index (χ4n) is 3.12. The molecule has 0 N–H and O–H groups in total. The van der Waals surface area contributed by atoms with Crippen molar-refractivity contribution in [3.8, 4) is 12.3 Å². The summed E-state index contributed by atoms with van der Waals surface area (Å²) in [7, 11) is 0. The van der Waals surface area contributed by atoms with Crippen molar-refractivity contribution in [3.05, 3.63) is 29.8 Å². The zero-order chi connectivity index (χ0) is 14.3. The van der Waals surface area contributed by atoms with Crippen molar-refractivity contribution >= 4 is 17.6 Å². The molecule has 1 heterocycles. The molecular weight excluding hydrogens is 254 g/mol. The number of hydrogen-bond acceptors (Lipinski definition) is 3. The van der Waals surface area contributed by atoms with Crippen LogP contribution in [0, 0.1) is 18.3 Å². The predicted molar refractivity (Wildman–Crippen MR) is 74.0 cm³/mol. The number of anilines is 1. The minimum atomic E-state index is -0.736. The van der Waals surface area contributed by atoms with Gasteiger partial charge in [-0.2, -0.15) is 0 Å². The Labute approximate surface area is 117 Å². The van der Waals surface area contributed by atoms with Crippen LogP contribution >= 0.6 is 0 Å². The molecule has 1 spiro atoms. The van der Waals surface area contributed by atoms with E-state index in [1.807, 2.05) is 24.3 Å². The Balaban J connectivity index is 2.01. The molecule has 1 aliphatic carbocycles. The van der Waals surface area contributed by atoms with Crippen molar-refractivity contribution in [2.75, 3.05) is 18.1 Å². The smallest absolute Gasteiger partial charge is 0.310 e. The topological polar surface area (TPSA) is 46.6 Å². The van der Waals surface area contributed by atoms with Crippen molar-refractivity contribution in [2.45, 2.75) is 18.8 Å². The maximum Gasteiger partial charge on any atom is 0.310 e. The Morgan fingerprint density at radius 1 is 1.55 bits per heavy atom. The molecule has 0 bridgehead atoms. The first-order chi connectivity index (χ1) is 9.66. The van der Waals surface area contributed by atoms with Crippen molar-refractivity contribution in [1.82, 2.24) is 0 Å². The van der Waals surface area contributed by atoms with Crippen LogP contribution < -0.4 is 4.90 Å². The number of rotatable bonds is 3. The summed E-state index contributed by atoms with van der Waals surface area (Å²) in [6.45, 7) is 2.32. The molecule has 4 heteroatoms. The number of carbonyl (C=O) groups excluding carboxylic acids is 2. The molecule has 1 fully saturated rings. The zero-order valence-corrected chi connectivity index (χ0v) is 11.3. The molecule has 2 atom stereocenters. The Kier molecular flexibility index (Phi) is 2.79. The minimum Gasteiger partial charge on any atom is -0.466 e. The van der Waals surface area contributed by atoms with E-state index in [-0.39, 0.29) is 24.3 Å². The van der Waals surface area contributed by atoms with E-state index < -0.39 is 5.41 Å². The van der Waals surface area contributed by atoms with E-state index in [4.69, 9.17) is 11.2 Å². The second-order valence-corrected chi connectivity index (χ2v) is 5.09. The second kappa shape index (κ2) is 4.38. The van der Waals surface area contributed by atoms with Crippen LogP contribution in [0.2, 0.25) is 0 Å². The first kappa shape index (κ1) is 12.7. The fraction of sp³-hybridized carbons (Fsp3) is 0.375. The molecule has 4 nitrogen and oxygen atoms in total. The lowest BCUT2D eigenvalue weighted by atomic mass is 9.95. The predicted octanol–water partition coefficient (Wildman–Crippen LogP) is 1.49. The van der Waals surface area contributed by atoms with Crippen molar-refractivity contribution in [2.24, 2.45) is 5.92 Å². The number of carbonyl (C=O) groups is 2. The normalized spacial score (nSPS) is 26.3. The van der Waals surface area contributed by atoms with Gasteiger partial charge in [-0.1, -0.05) is 24.1 Å². The number of para-hydroxylation sites is 1. The van der Waals surface area contributed by atoms with Crippen LogP contribution in [0.1, 0.15) is 18.9 Å². The first-order valence-electron chi connectivity index (χ1n) is 6.68. The van der Waals surface area contributed by atoms with Gasteiger partial charge < -0.3 is 4.74 Å². The highest BCUT2D eigenvalue weighted by molar-refractivity contribution is 6.13. The average Bonchev–Trinajstić information content (AvgIpc) is 3.16. The monoisotopic (exact) mass is 269 g/mol. The molecular formula is C16H15NO3. The van der Waals surface area contributed by atoms with Gasteiger partial charge in [0.15, 0.2) is 0 Å². The molecule has 3 rings (SSSR count). The molecule has 1 aliphatic heterocycles. The number of esters is 1. The van der Waals surface area contributed by atoms with Gasteiger partial charge in [0.1, 0.15) is 0 Å². The average molecular weight is 269 g/mol. The summed E-state index contributed by atoms with van der Waals surface area (Å²) < 4.78 is 5.06. The molecule has 1 aromatic carbocycles. The maximum atomic E-state index is 12.7. The zero-order valence-electron chi connectivity index (χ0n) is 11.3. The van der Waals surface area contributed by atoms with Gasteiger partial charge in [0.05, 0.1) is 24.5 Å². The van der Waals surface area contributed by atoms with Gasteiger partial charge in [-0.3, -0.25) is 14.5 Å². The summed E-state index contributed by atoms with van der Waals surface area (Å²) >= 11 is 0. The minimum absolute atomic E-state index is 0.0743. The third-order valence-corrected chi connectivity index (χ3v) is 4.08.